The van der Waals surface area contributed by atoms with Crippen molar-refractivity contribution in [3.63, 3.8) is 0 Å². The molecule has 1 aromatic carbocycles. The predicted molar refractivity (Wildman–Crippen MR) is 96.7 cm³/mol. The average Bonchev–Trinajstić information content (AvgIpc) is 3.48. The average molecular weight is 429 g/mol. The van der Waals surface area contributed by atoms with Gasteiger partial charge < -0.3 is 10.1 Å². The molecule has 1 fully saturated rings. The Morgan fingerprint density at radius 1 is 1.21 bits per heavy atom. The van der Waals surface area contributed by atoms with Gasteiger partial charge in [0.05, 0.1) is 4.90 Å². The molecule has 11 heteroatoms. The smallest absolute Gasteiger partial charge is 0.422 e. The third-order valence-corrected chi connectivity index (χ3v) is 5.49. The second-order valence-electron chi connectivity index (χ2n) is 6.48. The van der Waals surface area contributed by atoms with Crippen LogP contribution in [0.5, 0.6) is 5.88 Å². The number of amides is 1. The summed E-state index contributed by atoms with van der Waals surface area (Å²) in [5, 5.41) is 2.53. The Bertz CT molecular complexity index is 992. The van der Waals surface area contributed by atoms with Crippen LogP contribution >= 0.6 is 0 Å². The Balaban J connectivity index is 1.66. The number of pyridine rings is 1. The molecule has 1 saturated carbocycles. The number of hydrogen-bond donors (Lipinski definition) is 2. The van der Waals surface area contributed by atoms with Crippen LogP contribution in [0.2, 0.25) is 0 Å². The number of halogens is 3. The van der Waals surface area contributed by atoms with Crippen molar-refractivity contribution in [2.24, 2.45) is 0 Å². The second kappa shape index (κ2) is 8.37. The largest absolute Gasteiger partial charge is 0.468 e. The molecule has 156 valence electrons. The van der Waals surface area contributed by atoms with Crippen LogP contribution in [0.25, 0.3) is 0 Å². The van der Waals surface area contributed by atoms with Crippen LogP contribution in [0.15, 0.2) is 47.5 Å². The van der Waals surface area contributed by atoms with Crippen LogP contribution in [-0.4, -0.2) is 38.1 Å². The highest BCUT2D eigenvalue weighted by atomic mass is 32.2. The fraction of sp³-hybridized carbons (Fsp3) is 0.333. The summed E-state index contributed by atoms with van der Waals surface area (Å²) in [5.74, 6) is -0.825. The highest BCUT2D eigenvalue weighted by Crippen LogP contribution is 2.23. The first-order valence-corrected chi connectivity index (χ1v) is 10.2. The molecule has 0 aliphatic heterocycles. The molecule has 2 aromatic rings. The first kappa shape index (κ1) is 21.1. The van der Waals surface area contributed by atoms with Gasteiger partial charge in [-0.3, -0.25) is 4.79 Å². The molecule has 1 amide bonds. The summed E-state index contributed by atoms with van der Waals surface area (Å²) >= 11 is 0. The monoisotopic (exact) mass is 429 g/mol. The van der Waals surface area contributed by atoms with Crippen LogP contribution in [0, 0.1) is 0 Å². The molecule has 29 heavy (non-hydrogen) atoms. The van der Waals surface area contributed by atoms with E-state index in [4.69, 9.17) is 0 Å². The molecule has 1 aliphatic rings. The minimum Gasteiger partial charge on any atom is -0.468 e. The summed E-state index contributed by atoms with van der Waals surface area (Å²) in [6.45, 7) is -1.64. The Kier molecular flexibility index (Phi) is 6.08. The van der Waals surface area contributed by atoms with Gasteiger partial charge in [-0.15, -0.1) is 0 Å². The molecule has 0 unspecified atom stereocenters. The zero-order valence-electron chi connectivity index (χ0n) is 15.1. The lowest BCUT2D eigenvalue weighted by atomic mass is 10.2. The molecule has 1 aromatic heterocycles. The molecule has 7 nitrogen and oxygen atoms in total. The van der Waals surface area contributed by atoms with Crippen LogP contribution in [0.1, 0.15) is 28.8 Å². The Labute approximate surface area is 165 Å². The summed E-state index contributed by atoms with van der Waals surface area (Å²) in [6.07, 6.45) is -1.68. The molecular formula is C18H18F3N3O4S. The maximum absolute atomic E-state index is 12.4. The minimum atomic E-state index is -4.52. The van der Waals surface area contributed by atoms with Crippen molar-refractivity contribution in [1.82, 2.24) is 15.0 Å². The van der Waals surface area contributed by atoms with E-state index in [1.54, 1.807) is 0 Å². The second-order valence-corrected chi connectivity index (χ2v) is 8.19. The van der Waals surface area contributed by atoms with Crippen LogP contribution in [0.4, 0.5) is 13.2 Å². The van der Waals surface area contributed by atoms with Crippen molar-refractivity contribution in [2.75, 3.05) is 6.61 Å². The first-order valence-electron chi connectivity index (χ1n) is 8.68. The summed E-state index contributed by atoms with van der Waals surface area (Å²) in [5.41, 5.74) is 0.356. The Hall–Kier alpha value is -2.66. The predicted octanol–water partition coefficient (Wildman–Crippen LogP) is 2.39. The molecule has 0 radical (unpaired) electrons. The number of sulfonamides is 1. The van der Waals surface area contributed by atoms with E-state index >= 15 is 0 Å². The number of hydrogen-bond acceptors (Lipinski definition) is 5. The molecule has 1 aliphatic carbocycles. The number of nitrogens with one attached hydrogen (secondary N) is 2. The lowest BCUT2D eigenvalue weighted by molar-refractivity contribution is -0.154. The van der Waals surface area contributed by atoms with E-state index < -0.39 is 28.7 Å². The van der Waals surface area contributed by atoms with E-state index in [1.807, 2.05) is 0 Å². The number of aromatic nitrogens is 1. The normalized spacial score (nSPS) is 14.4. The van der Waals surface area contributed by atoms with Gasteiger partial charge in [-0.05, 0) is 37.1 Å². The fourth-order valence-electron chi connectivity index (χ4n) is 2.41. The van der Waals surface area contributed by atoms with Crippen LogP contribution in [-0.2, 0) is 16.6 Å². The van der Waals surface area contributed by atoms with E-state index in [0.717, 1.165) is 12.8 Å². The van der Waals surface area contributed by atoms with E-state index in [1.165, 1.54) is 42.6 Å². The highest BCUT2D eigenvalue weighted by molar-refractivity contribution is 7.89. The lowest BCUT2D eigenvalue weighted by Crippen LogP contribution is -2.27. The van der Waals surface area contributed by atoms with Gasteiger partial charge in [0, 0.05) is 29.9 Å². The van der Waals surface area contributed by atoms with E-state index in [-0.39, 0.29) is 34.5 Å². The van der Waals surface area contributed by atoms with Crippen molar-refractivity contribution >= 4 is 15.9 Å². The van der Waals surface area contributed by atoms with E-state index in [9.17, 15) is 26.4 Å². The Morgan fingerprint density at radius 3 is 2.66 bits per heavy atom. The maximum Gasteiger partial charge on any atom is 0.422 e. The van der Waals surface area contributed by atoms with Crippen LogP contribution < -0.4 is 14.8 Å². The van der Waals surface area contributed by atoms with Gasteiger partial charge in [-0.1, -0.05) is 12.1 Å². The van der Waals surface area contributed by atoms with Gasteiger partial charge in [-0.25, -0.2) is 18.1 Å². The quantitative estimate of drug-likeness (QED) is 0.672. The van der Waals surface area contributed by atoms with Gasteiger partial charge >= 0.3 is 6.18 Å². The number of alkyl halides is 3. The summed E-state index contributed by atoms with van der Waals surface area (Å²) in [4.78, 5) is 16.1. The van der Waals surface area contributed by atoms with Crippen molar-refractivity contribution in [3.05, 3.63) is 53.7 Å². The van der Waals surface area contributed by atoms with Gasteiger partial charge in [0.15, 0.2) is 6.61 Å². The number of ether oxygens (including phenoxy) is 1. The molecule has 3 rings (SSSR count). The molecule has 2 N–H and O–H groups in total. The molecule has 1 heterocycles. The summed E-state index contributed by atoms with van der Waals surface area (Å²) in [6, 6.07) is 8.40. The maximum atomic E-state index is 12.4. The van der Waals surface area contributed by atoms with E-state index in [0.29, 0.717) is 0 Å². The van der Waals surface area contributed by atoms with Gasteiger partial charge in [0.25, 0.3) is 5.91 Å². The zero-order chi connectivity index (χ0) is 21.1. The number of rotatable bonds is 8. The number of benzene rings is 1. The number of carbonyl (C=O) groups excluding carboxylic acids is 1. The van der Waals surface area contributed by atoms with Gasteiger partial charge in [-0.2, -0.15) is 13.2 Å². The van der Waals surface area contributed by atoms with Crippen molar-refractivity contribution < 1.29 is 31.1 Å². The third-order valence-electron chi connectivity index (χ3n) is 3.97. The lowest BCUT2D eigenvalue weighted by Gasteiger charge is -2.13. The van der Waals surface area contributed by atoms with Crippen molar-refractivity contribution in [2.45, 2.75) is 36.5 Å². The SMILES string of the molecule is O=C(NCc1cccnc1OCC(F)(F)F)c1cccc(S(=O)(=O)NC2CC2)c1. The zero-order valence-corrected chi connectivity index (χ0v) is 15.9. The van der Waals surface area contributed by atoms with Crippen LogP contribution in [0.3, 0.4) is 0 Å². The summed E-state index contributed by atoms with van der Waals surface area (Å²) < 4.78 is 68.8. The van der Waals surface area contributed by atoms with Gasteiger partial charge in [0.1, 0.15) is 0 Å². The minimum absolute atomic E-state index is 0.0346. The Morgan fingerprint density at radius 2 is 1.97 bits per heavy atom. The summed E-state index contributed by atoms with van der Waals surface area (Å²) in [7, 11) is -3.71. The standard InChI is InChI=1S/C18H18F3N3O4S/c19-18(20,21)11-28-17-13(4-2-8-22-17)10-23-16(25)12-3-1-5-15(9-12)29(26,27)24-14-6-7-14/h1-5,8-9,14,24H,6-7,10-11H2,(H,23,25). The van der Waals surface area contributed by atoms with E-state index in [2.05, 4.69) is 19.8 Å². The number of carbonyl (C=O) groups is 1. The van der Waals surface area contributed by atoms with Gasteiger partial charge in [0.2, 0.25) is 15.9 Å². The fourth-order valence-corrected chi connectivity index (χ4v) is 3.76. The number of nitrogens with zero attached hydrogens (tertiary/aromatic N) is 1. The van der Waals surface area contributed by atoms with Crippen molar-refractivity contribution in [1.29, 1.82) is 0 Å². The highest BCUT2D eigenvalue weighted by Gasteiger charge is 2.29. The van der Waals surface area contributed by atoms with Crippen molar-refractivity contribution in [3.8, 4) is 5.88 Å². The molecule has 0 atom stereocenters. The first-order chi connectivity index (χ1) is 13.6. The molecule has 0 spiro atoms. The molecule has 0 saturated heterocycles. The topological polar surface area (TPSA) is 97.4 Å². The third kappa shape index (κ3) is 6.16. The molecule has 0 bridgehead atoms. The molecular weight excluding hydrogens is 411 g/mol.